The Balaban J connectivity index is 1.49. The third kappa shape index (κ3) is 5.68. The van der Waals surface area contributed by atoms with Gasteiger partial charge in [-0.05, 0) is 62.7 Å². The van der Waals surface area contributed by atoms with Gasteiger partial charge in [-0.2, -0.15) is 0 Å². The van der Waals surface area contributed by atoms with Crippen molar-refractivity contribution in [2.75, 3.05) is 10.6 Å². The summed E-state index contributed by atoms with van der Waals surface area (Å²) in [6.45, 7) is 5.81. The third-order valence-electron chi connectivity index (χ3n) is 4.71. The molecule has 0 spiro atoms. The fourth-order valence-electron chi connectivity index (χ4n) is 3.08. The van der Waals surface area contributed by atoms with Crippen LogP contribution in [0.25, 0.3) is 11.3 Å². The Kier molecular flexibility index (Phi) is 6.54. The second kappa shape index (κ2) is 9.86. The highest BCUT2D eigenvalue weighted by atomic mass is 16.5. The van der Waals surface area contributed by atoms with Gasteiger partial charge in [0.25, 0.3) is 5.91 Å². The first kappa shape index (κ1) is 21.9. The van der Waals surface area contributed by atoms with Crippen molar-refractivity contribution in [3.8, 4) is 17.1 Å². The van der Waals surface area contributed by atoms with Crippen molar-refractivity contribution in [2.24, 2.45) is 0 Å². The molecule has 0 radical (unpaired) electrons. The minimum atomic E-state index is -0.261. The van der Waals surface area contributed by atoms with Crippen molar-refractivity contribution in [1.82, 2.24) is 19.9 Å². The number of amides is 1. The maximum atomic E-state index is 12.7. The summed E-state index contributed by atoms with van der Waals surface area (Å²) in [5.41, 5.74) is 4.52. The molecule has 8 nitrogen and oxygen atoms in total. The molecule has 8 heteroatoms. The zero-order chi connectivity index (χ0) is 23.2. The molecule has 3 heterocycles. The molecule has 33 heavy (non-hydrogen) atoms. The van der Waals surface area contributed by atoms with Gasteiger partial charge < -0.3 is 15.4 Å². The SMILES string of the molecule is Cc1ccc(NC(=O)c2ccc(OC(C)C)nc2)cc1Nc1nccc(-c2cccnc2)n1. The average Bonchev–Trinajstić information content (AvgIpc) is 2.82. The lowest BCUT2D eigenvalue weighted by molar-refractivity contribution is 0.102. The Morgan fingerprint density at radius 1 is 1.00 bits per heavy atom. The van der Waals surface area contributed by atoms with E-state index in [4.69, 9.17) is 4.74 Å². The number of anilines is 3. The van der Waals surface area contributed by atoms with Crippen molar-refractivity contribution < 1.29 is 9.53 Å². The minimum absolute atomic E-state index is 0.0182. The first-order chi connectivity index (χ1) is 16.0. The summed E-state index contributed by atoms with van der Waals surface area (Å²) in [5, 5.41) is 6.14. The van der Waals surface area contributed by atoms with Gasteiger partial charge in [-0.1, -0.05) is 6.07 Å². The number of rotatable bonds is 7. The molecule has 0 unspecified atom stereocenters. The number of carbonyl (C=O) groups excluding carboxylic acids is 1. The number of aryl methyl sites for hydroxylation is 1. The Hall–Kier alpha value is -4.33. The molecule has 0 saturated carbocycles. The molecule has 0 fully saturated rings. The van der Waals surface area contributed by atoms with Crippen LogP contribution in [0.3, 0.4) is 0 Å². The summed E-state index contributed by atoms with van der Waals surface area (Å²) < 4.78 is 5.52. The van der Waals surface area contributed by atoms with E-state index in [2.05, 4.69) is 30.6 Å². The van der Waals surface area contributed by atoms with Gasteiger partial charge in [0.1, 0.15) is 0 Å². The Morgan fingerprint density at radius 3 is 2.61 bits per heavy atom. The van der Waals surface area contributed by atoms with E-state index in [9.17, 15) is 4.79 Å². The highest BCUT2D eigenvalue weighted by Crippen LogP contribution is 2.24. The van der Waals surface area contributed by atoms with E-state index in [1.807, 2.05) is 57.2 Å². The number of hydrogen-bond donors (Lipinski definition) is 2. The van der Waals surface area contributed by atoms with E-state index in [0.29, 0.717) is 23.1 Å². The maximum Gasteiger partial charge on any atom is 0.257 e. The summed E-state index contributed by atoms with van der Waals surface area (Å²) in [7, 11) is 0. The summed E-state index contributed by atoms with van der Waals surface area (Å²) in [5.74, 6) is 0.674. The van der Waals surface area contributed by atoms with Gasteiger partial charge in [-0.3, -0.25) is 9.78 Å². The quantitative estimate of drug-likeness (QED) is 0.416. The lowest BCUT2D eigenvalue weighted by Crippen LogP contribution is -2.13. The predicted molar refractivity (Wildman–Crippen MR) is 128 cm³/mol. The number of ether oxygens (including phenoxy) is 1. The van der Waals surface area contributed by atoms with Gasteiger partial charge in [0.2, 0.25) is 11.8 Å². The predicted octanol–water partition coefficient (Wildman–Crippen LogP) is 5.03. The van der Waals surface area contributed by atoms with Crippen molar-refractivity contribution in [3.05, 3.63) is 84.4 Å². The fourth-order valence-corrected chi connectivity index (χ4v) is 3.08. The van der Waals surface area contributed by atoms with Gasteiger partial charge in [-0.25, -0.2) is 15.0 Å². The van der Waals surface area contributed by atoms with Crippen molar-refractivity contribution in [2.45, 2.75) is 26.9 Å². The zero-order valence-corrected chi connectivity index (χ0v) is 18.6. The maximum absolute atomic E-state index is 12.7. The van der Waals surface area contributed by atoms with Crippen LogP contribution in [0.15, 0.2) is 73.3 Å². The van der Waals surface area contributed by atoms with E-state index in [0.717, 1.165) is 22.5 Å². The first-order valence-corrected chi connectivity index (χ1v) is 10.5. The Morgan fingerprint density at radius 2 is 1.88 bits per heavy atom. The van der Waals surface area contributed by atoms with Crippen LogP contribution in [0.4, 0.5) is 17.3 Å². The standard InChI is InChI=1S/C25H24N6O2/c1-16(2)33-23-9-7-19(15-28-23)24(32)29-20-8-6-17(3)22(13-20)31-25-27-12-10-21(30-25)18-5-4-11-26-14-18/h4-16H,1-3H3,(H,29,32)(H,27,30,31). The van der Waals surface area contributed by atoms with Crippen LogP contribution < -0.4 is 15.4 Å². The average molecular weight is 441 g/mol. The largest absolute Gasteiger partial charge is 0.475 e. The number of carbonyl (C=O) groups is 1. The molecule has 0 saturated heterocycles. The Labute approximate surface area is 192 Å². The van der Waals surface area contributed by atoms with Crippen LogP contribution in [0.5, 0.6) is 5.88 Å². The lowest BCUT2D eigenvalue weighted by atomic mass is 10.1. The molecule has 0 bridgehead atoms. The molecule has 4 rings (SSSR count). The second-order valence-corrected chi connectivity index (χ2v) is 7.67. The van der Waals surface area contributed by atoms with E-state index in [1.165, 1.54) is 6.20 Å². The lowest BCUT2D eigenvalue weighted by Gasteiger charge is -2.12. The summed E-state index contributed by atoms with van der Waals surface area (Å²) in [4.78, 5) is 29.9. The number of aromatic nitrogens is 4. The van der Waals surface area contributed by atoms with Crippen molar-refractivity contribution >= 4 is 23.2 Å². The number of nitrogens with one attached hydrogen (secondary N) is 2. The molecular weight excluding hydrogens is 416 g/mol. The molecule has 1 amide bonds. The molecule has 0 aliphatic carbocycles. The summed E-state index contributed by atoms with van der Waals surface area (Å²) >= 11 is 0. The normalized spacial score (nSPS) is 10.7. The monoisotopic (exact) mass is 440 g/mol. The molecule has 4 aromatic rings. The van der Waals surface area contributed by atoms with Gasteiger partial charge >= 0.3 is 0 Å². The third-order valence-corrected chi connectivity index (χ3v) is 4.71. The van der Waals surface area contributed by atoms with Gasteiger partial charge in [0, 0.05) is 47.8 Å². The smallest absolute Gasteiger partial charge is 0.257 e. The molecule has 0 aliphatic rings. The number of benzene rings is 1. The molecule has 3 aromatic heterocycles. The molecule has 0 aliphatic heterocycles. The van der Waals surface area contributed by atoms with E-state index in [-0.39, 0.29) is 12.0 Å². The number of hydrogen-bond acceptors (Lipinski definition) is 7. The van der Waals surface area contributed by atoms with Crippen LogP contribution in [0, 0.1) is 6.92 Å². The summed E-state index contributed by atoms with van der Waals surface area (Å²) in [6, 6.07) is 14.6. The second-order valence-electron chi connectivity index (χ2n) is 7.67. The molecule has 1 aromatic carbocycles. The number of nitrogens with zero attached hydrogens (tertiary/aromatic N) is 4. The topological polar surface area (TPSA) is 102 Å². The molecule has 0 atom stereocenters. The highest BCUT2D eigenvalue weighted by Gasteiger charge is 2.10. The minimum Gasteiger partial charge on any atom is -0.475 e. The molecular formula is C25H24N6O2. The zero-order valence-electron chi connectivity index (χ0n) is 18.6. The molecule has 166 valence electrons. The van der Waals surface area contributed by atoms with Gasteiger partial charge in [0.15, 0.2) is 0 Å². The molecule has 2 N–H and O–H groups in total. The van der Waals surface area contributed by atoms with E-state index in [1.54, 1.807) is 30.7 Å². The first-order valence-electron chi connectivity index (χ1n) is 10.5. The van der Waals surface area contributed by atoms with Gasteiger partial charge in [-0.15, -0.1) is 0 Å². The van der Waals surface area contributed by atoms with Crippen LogP contribution in [0.1, 0.15) is 29.8 Å². The highest BCUT2D eigenvalue weighted by molar-refractivity contribution is 6.04. The van der Waals surface area contributed by atoms with Crippen LogP contribution in [-0.4, -0.2) is 31.9 Å². The van der Waals surface area contributed by atoms with Crippen LogP contribution >= 0.6 is 0 Å². The van der Waals surface area contributed by atoms with Crippen LogP contribution in [-0.2, 0) is 0 Å². The summed E-state index contributed by atoms with van der Waals surface area (Å²) in [6.07, 6.45) is 6.68. The van der Waals surface area contributed by atoms with E-state index < -0.39 is 0 Å². The Bertz CT molecular complexity index is 1240. The van der Waals surface area contributed by atoms with Crippen LogP contribution in [0.2, 0.25) is 0 Å². The van der Waals surface area contributed by atoms with Gasteiger partial charge in [0.05, 0.1) is 17.4 Å². The number of pyridine rings is 2. The van der Waals surface area contributed by atoms with Crippen molar-refractivity contribution in [3.63, 3.8) is 0 Å². The fraction of sp³-hybridized carbons (Fsp3) is 0.160. The van der Waals surface area contributed by atoms with E-state index >= 15 is 0 Å². The van der Waals surface area contributed by atoms with Crippen molar-refractivity contribution in [1.29, 1.82) is 0 Å².